The van der Waals surface area contributed by atoms with Crippen LogP contribution in [0.15, 0.2) is 78.9 Å². The predicted octanol–water partition coefficient (Wildman–Crippen LogP) is 5.10. The lowest BCUT2D eigenvalue weighted by molar-refractivity contribution is -0.132. The Morgan fingerprint density at radius 1 is 0.925 bits per heavy atom. The lowest BCUT2D eigenvalue weighted by atomic mass is 9.98. The molecule has 0 unspecified atom stereocenters. The summed E-state index contributed by atoms with van der Waals surface area (Å²) in [5.74, 6) is 0.590. The Labute approximate surface area is 241 Å². The van der Waals surface area contributed by atoms with Crippen molar-refractivity contribution in [2.45, 2.75) is 50.8 Å². The molecule has 8 nitrogen and oxygen atoms in total. The number of hydrogen-bond donors (Lipinski definition) is 3. The Balaban J connectivity index is 1.34. The topological polar surface area (TPSA) is 104 Å². The summed E-state index contributed by atoms with van der Waals surface area (Å²) in [5, 5.41) is 17.0. The Morgan fingerprint density at radius 2 is 1.65 bits per heavy atom. The molecule has 3 aromatic carbocycles. The molecule has 1 heterocycles. The third kappa shape index (κ3) is 8.26. The average Bonchev–Trinajstić information content (AvgIpc) is 3.53. The molecule has 0 aliphatic heterocycles. The molecular weight excluding hydrogens is 520 g/mol. The summed E-state index contributed by atoms with van der Waals surface area (Å²) in [6.07, 6.45) is 3.60. The van der Waals surface area contributed by atoms with Gasteiger partial charge in [-0.25, -0.2) is 0 Å². The molecule has 40 heavy (non-hydrogen) atoms. The molecule has 4 aromatic rings. The number of H-pyrrole nitrogens is 1. The van der Waals surface area contributed by atoms with Crippen LogP contribution in [0.1, 0.15) is 43.7 Å². The summed E-state index contributed by atoms with van der Waals surface area (Å²) >= 11 is 4.49. The van der Waals surface area contributed by atoms with Gasteiger partial charge in [0.15, 0.2) is 0 Å². The van der Waals surface area contributed by atoms with Crippen LogP contribution in [0.2, 0.25) is 0 Å². The second-order valence-corrected chi connectivity index (χ2v) is 10.4. The largest absolute Gasteiger partial charge is 0.355 e. The van der Waals surface area contributed by atoms with E-state index in [1.54, 1.807) is 0 Å². The smallest absolute Gasteiger partial charge is 0.233 e. The number of carbonyl (C=O) groups excluding carboxylic acids is 2. The third-order valence-electron chi connectivity index (χ3n) is 6.73. The van der Waals surface area contributed by atoms with Crippen LogP contribution in [0.5, 0.6) is 0 Å². The third-order valence-corrected chi connectivity index (χ3v) is 7.14. The average molecular weight is 557 g/mol. The molecule has 4 rings (SSSR count). The fourth-order valence-electron chi connectivity index (χ4n) is 4.52. The molecule has 0 radical (unpaired) electrons. The number of amides is 2. The van der Waals surface area contributed by atoms with Crippen molar-refractivity contribution >= 4 is 24.4 Å². The summed E-state index contributed by atoms with van der Waals surface area (Å²) in [6.45, 7) is 3.67. The van der Waals surface area contributed by atoms with Gasteiger partial charge in [-0.15, -0.1) is 10.2 Å². The van der Waals surface area contributed by atoms with Gasteiger partial charge in [-0.2, -0.15) is 17.8 Å². The molecule has 1 atom stereocenters. The minimum Gasteiger partial charge on any atom is -0.355 e. The van der Waals surface area contributed by atoms with E-state index in [2.05, 4.69) is 69.8 Å². The molecule has 2 amide bonds. The van der Waals surface area contributed by atoms with E-state index in [4.69, 9.17) is 0 Å². The molecule has 9 heteroatoms. The van der Waals surface area contributed by atoms with Crippen molar-refractivity contribution < 1.29 is 9.59 Å². The first kappa shape index (κ1) is 29.0. The van der Waals surface area contributed by atoms with E-state index in [0.29, 0.717) is 44.7 Å². The molecule has 0 saturated heterocycles. The van der Waals surface area contributed by atoms with Crippen LogP contribution in [-0.2, 0) is 22.6 Å². The Hall–Kier alpha value is -3.98. The zero-order valence-electron chi connectivity index (χ0n) is 22.8. The highest BCUT2D eigenvalue weighted by Gasteiger charge is 2.17. The highest BCUT2D eigenvalue weighted by atomic mass is 32.1. The lowest BCUT2D eigenvalue weighted by Crippen LogP contribution is -2.36. The maximum Gasteiger partial charge on any atom is 0.233 e. The Bertz CT molecular complexity index is 1350. The first-order valence-corrected chi connectivity index (χ1v) is 14.3. The first-order chi connectivity index (χ1) is 19.5. The molecule has 0 fully saturated rings. The summed E-state index contributed by atoms with van der Waals surface area (Å²) in [7, 11) is 0. The van der Waals surface area contributed by atoms with Crippen LogP contribution in [0.4, 0.5) is 0 Å². The van der Waals surface area contributed by atoms with Crippen molar-refractivity contribution in [2.75, 3.05) is 13.1 Å². The van der Waals surface area contributed by atoms with E-state index < -0.39 is 5.25 Å². The predicted molar refractivity (Wildman–Crippen MR) is 161 cm³/mol. The van der Waals surface area contributed by atoms with Crippen LogP contribution in [0.3, 0.4) is 0 Å². The van der Waals surface area contributed by atoms with Gasteiger partial charge in [-0.1, -0.05) is 92.2 Å². The molecular formula is C31H36N6O2S. The lowest BCUT2D eigenvalue weighted by Gasteiger charge is -2.23. The fraction of sp³-hybridized carbons (Fsp3) is 0.323. The standard InChI is InChI=1S/C31H36N6O2S/c1-2-3-14-29(38)37(20-9-19-32-31(39)28(40)21-23-10-5-4-6-11-23)22-24-15-17-25(18-16-24)26-12-7-8-13-27(26)30-33-35-36-34-30/h4-8,10-13,15-18,28,40H,2-3,9,14,19-22H2,1H3,(H,32,39)(H,33,34,35,36)/t28-/m0/s1. The number of nitrogens with zero attached hydrogens (tertiary/aromatic N) is 4. The van der Waals surface area contributed by atoms with Gasteiger partial charge >= 0.3 is 0 Å². The van der Waals surface area contributed by atoms with Gasteiger partial charge < -0.3 is 10.2 Å². The van der Waals surface area contributed by atoms with Gasteiger partial charge in [0, 0.05) is 31.6 Å². The second-order valence-electron chi connectivity index (χ2n) is 9.75. The van der Waals surface area contributed by atoms with Crippen LogP contribution >= 0.6 is 12.6 Å². The zero-order valence-corrected chi connectivity index (χ0v) is 23.7. The number of rotatable bonds is 14. The maximum absolute atomic E-state index is 13.0. The molecule has 2 N–H and O–H groups in total. The number of benzene rings is 3. The maximum atomic E-state index is 13.0. The fourth-order valence-corrected chi connectivity index (χ4v) is 4.83. The van der Waals surface area contributed by atoms with Crippen molar-refractivity contribution in [1.29, 1.82) is 0 Å². The highest BCUT2D eigenvalue weighted by molar-refractivity contribution is 7.81. The Morgan fingerprint density at radius 3 is 2.35 bits per heavy atom. The van der Waals surface area contributed by atoms with Crippen molar-refractivity contribution in [1.82, 2.24) is 30.8 Å². The number of thiol groups is 1. The van der Waals surface area contributed by atoms with E-state index in [0.717, 1.165) is 40.7 Å². The monoisotopic (exact) mass is 556 g/mol. The van der Waals surface area contributed by atoms with Crippen LogP contribution in [0.25, 0.3) is 22.5 Å². The number of tetrazole rings is 1. The van der Waals surface area contributed by atoms with Crippen LogP contribution in [0, 0.1) is 0 Å². The van der Waals surface area contributed by atoms with E-state index >= 15 is 0 Å². The number of aromatic nitrogens is 4. The normalized spacial score (nSPS) is 11.7. The molecule has 0 bridgehead atoms. The molecule has 0 saturated carbocycles. The van der Waals surface area contributed by atoms with Gasteiger partial charge in [0.25, 0.3) is 0 Å². The van der Waals surface area contributed by atoms with Gasteiger partial charge in [0.2, 0.25) is 17.6 Å². The molecule has 0 aliphatic carbocycles. The summed E-state index contributed by atoms with van der Waals surface area (Å²) < 4.78 is 0. The van der Waals surface area contributed by atoms with Gasteiger partial charge in [-0.3, -0.25) is 9.59 Å². The van der Waals surface area contributed by atoms with Crippen LogP contribution < -0.4 is 5.32 Å². The van der Waals surface area contributed by atoms with Gasteiger partial charge in [0.1, 0.15) is 0 Å². The van der Waals surface area contributed by atoms with Crippen molar-refractivity contribution in [3.63, 3.8) is 0 Å². The van der Waals surface area contributed by atoms with E-state index in [9.17, 15) is 9.59 Å². The number of unbranched alkanes of at least 4 members (excludes halogenated alkanes) is 1. The second kappa shape index (κ2) is 15.0. The summed E-state index contributed by atoms with van der Waals surface area (Å²) in [4.78, 5) is 27.4. The molecule has 1 aromatic heterocycles. The van der Waals surface area contributed by atoms with Crippen molar-refractivity contribution in [3.8, 4) is 22.5 Å². The van der Waals surface area contributed by atoms with E-state index in [-0.39, 0.29) is 11.8 Å². The summed E-state index contributed by atoms with van der Waals surface area (Å²) in [5.41, 5.74) is 5.07. The highest BCUT2D eigenvalue weighted by Crippen LogP contribution is 2.30. The molecule has 0 spiro atoms. The number of aromatic amines is 1. The minimum absolute atomic E-state index is 0.0901. The van der Waals surface area contributed by atoms with E-state index in [1.165, 1.54) is 0 Å². The summed E-state index contributed by atoms with van der Waals surface area (Å²) in [6, 6.07) is 26.0. The van der Waals surface area contributed by atoms with Gasteiger partial charge in [-0.05, 0) is 46.7 Å². The minimum atomic E-state index is -0.409. The zero-order chi connectivity index (χ0) is 28.2. The SMILES string of the molecule is CCCCC(=O)N(CCCNC(=O)[C@@H](S)Cc1ccccc1)Cc1ccc(-c2ccccc2-c2nn[nH]n2)cc1. The van der Waals surface area contributed by atoms with Gasteiger partial charge in [0.05, 0.1) is 5.25 Å². The van der Waals surface area contributed by atoms with Crippen molar-refractivity contribution in [2.24, 2.45) is 0 Å². The molecule has 0 aliphatic rings. The van der Waals surface area contributed by atoms with Crippen molar-refractivity contribution in [3.05, 3.63) is 90.0 Å². The van der Waals surface area contributed by atoms with E-state index in [1.807, 2.05) is 59.5 Å². The quantitative estimate of drug-likeness (QED) is 0.148. The first-order valence-electron chi connectivity index (χ1n) is 13.7. The van der Waals surface area contributed by atoms with Crippen LogP contribution in [-0.4, -0.2) is 55.7 Å². The molecule has 208 valence electrons. The number of nitrogens with one attached hydrogen (secondary N) is 2. The number of hydrogen-bond acceptors (Lipinski definition) is 6. The Kier molecular flexibility index (Phi) is 10.9. The number of carbonyl (C=O) groups is 2.